The van der Waals surface area contributed by atoms with Crippen LogP contribution in [0.2, 0.25) is 0 Å². The van der Waals surface area contributed by atoms with Crippen LogP contribution < -0.4 is 40.1 Å². The summed E-state index contributed by atoms with van der Waals surface area (Å²) in [5.41, 5.74) is 1.64. The van der Waals surface area contributed by atoms with Gasteiger partial charge in [0.25, 0.3) is 0 Å². The van der Waals surface area contributed by atoms with Gasteiger partial charge in [0.15, 0.2) is 0 Å². The molecule has 0 aromatic rings. The van der Waals surface area contributed by atoms with Gasteiger partial charge in [0.2, 0.25) is 0 Å². The molecule has 0 spiro atoms. The molecule has 0 heterocycles. The minimum Gasteiger partial charge on any atom is -0.548 e. The second kappa shape index (κ2) is 6.53. The molecule has 0 aliphatic heterocycles. The Morgan fingerprint density at radius 2 is 2.18 bits per heavy atom. The Labute approximate surface area is 85.2 Å². The number of aliphatic carboxylic acids is 1. The Hall–Kier alpha value is -0.170. The first-order valence-corrected chi connectivity index (χ1v) is 2.56. The van der Waals surface area contributed by atoms with Crippen molar-refractivity contribution in [3.05, 3.63) is 4.91 Å². The van der Waals surface area contributed by atoms with Gasteiger partial charge in [-0.1, -0.05) is 0 Å². The molecular weight excluding hydrogens is 163 g/mol. The van der Waals surface area contributed by atoms with Gasteiger partial charge in [-0.25, -0.2) is 0 Å². The van der Waals surface area contributed by atoms with Gasteiger partial charge >= 0.3 is 29.6 Å². The van der Waals surface area contributed by atoms with E-state index < -0.39 is 18.1 Å². The van der Waals surface area contributed by atoms with Crippen LogP contribution in [0.15, 0.2) is 5.29 Å². The first-order chi connectivity index (χ1) is 4.59. The number of aliphatic hydroxyl groups is 1. The smallest absolute Gasteiger partial charge is 0.548 e. The van der Waals surface area contributed by atoms with E-state index in [2.05, 4.69) is 5.29 Å². The fourth-order valence-electron chi connectivity index (χ4n) is 0.414. The van der Waals surface area contributed by atoms with Crippen molar-refractivity contribution in [1.82, 2.24) is 5.43 Å². The summed E-state index contributed by atoms with van der Waals surface area (Å²) in [4.78, 5) is 19.5. The molecule has 0 unspecified atom stereocenters. The summed E-state index contributed by atoms with van der Waals surface area (Å²) in [6.07, 6.45) is -1.21. The molecule has 0 fully saturated rings. The minimum absolute atomic E-state index is 0. The normalized spacial score (nSPS) is 14.0. The molecule has 11 heavy (non-hydrogen) atoms. The van der Waals surface area contributed by atoms with E-state index in [0.29, 0.717) is 0 Å². The third kappa shape index (κ3) is 5.14. The summed E-state index contributed by atoms with van der Waals surface area (Å²) in [6, 6.07) is -1.43. The summed E-state index contributed by atoms with van der Waals surface area (Å²) in [5, 5.41) is 20.7. The van der Waals surface area contributed by atoms with Crippen LogP contribution in [0, 0.1) is 4.91 Å². The first kappa shape index (κ1) is 13.4. The van der Waals surface area contributed by atoms with Crippen LogP contribution in [-0.4, -0.2) is 23.2 Å². The maximum Gasteiger partial charge on any atom is 1.00 e. The van der Waals surface area contributed by atoms with Crippen LogP contribution in [0.25, 0.3) is 0 Å². The number of nitrogens with one attached hydrogen (secondary N) is 1. The van der Waals surface area contributed by atoms with Crippen LogP contribution in [-0.2, 0) is 4.79 Å². The molecular formula is C4H7N2NaO4. The standard InChI is InChI=1S/C4H8N2O4.Na/c1-2(7)3(4(8)9)5-6-10;/h2-3,7H,1H3,(H,5,10)(H,8,9);/q;+1/p-1/t2-,3+;/m1./s1. The maximum atomic E-state index is 10.00. The van der Waals surface area contributed by atoms with Gasteiger partial charge in [0.05, 0.1) is 17.4 Å². The third-order valence-electron chi connectivity index (χ3n) is 0.928. The van der Waals surface area contributed by atoms with Crippen molar-refractivity contribution in [2.24, 2.45) is 5.29 Å². The van der Waals surface area contributed by atoms with Gasteiger partial charge < -0.3 is 15.0 Å². The van der Waals surface area contributed by atoms with Gasteiger partial charge in [-0.3, -0.25) is 5.43 Å². The fourth-order valence-corrected chi connectivity index (χ4v) is 0.414. The number of nitrogens with zero attached hydrogens (tertiary/aromatic N) is 1. The van der Waals surface area contributed by atoms with E-state index in [1.807, 2.05) is 0 Å². The molecule has 0 saturated carbocycles. The molecule has 58 valence electrons. The Bertz CT molecular complexity index is 140. The summed E-state index contributed by atoms with van der Waals surface area (Å²) in [6.45, 7) is 1.21. The zero-order chi connectivity index (χ0) is 8.15. The number of hydrogen-bond acceptors (Lipinski definition) is 5. The predicted molar refractivity (Wildman–Crippen MR) is 29.4 cm³/mol. The number of hydrogen-bond donors (Lipinski definition) is 2. The first-order valence-electron chi connectivity index (χ1n) is 2.56. The van der Waals surface area contributed by atoms with Crippen molar-refractivity contribution in [3.63, 3.8) is 0 Å². The van der Waals surface area contributed by atoms with Crippen LogP contribution >= 0.6 is 0 Å². The van der Waals surface area contributed by atoms with Crippen molar-refractivity contribution in [2.75, 3.05) is 0 Å². The molecule has 7 heteroatoms. The summed E-state index contributed by atoms with van der Waals surface area (Å²) >= 11 is 0. The molecule has 0 aliphatic rings. The maximum absolute atomic E-state index is 10.00. The molecule has 6 nitrogen and oxygen atoms in total. The van der Waals surface area contributed by atoms with Crippen molar-refractivity contribution in [2.45, 2.75) is 19.1 Å². The monoisotopic (exact) mass is 170 g/mol. The van der Waals surface area contributed by atoms with Crippen LogP contribution in [0.4, 0.5) is 0 Å². The van der Waals surface area contributed by atoms with Gasteiger partial charge in [-0.05, 0) is 6.92 Å². The van der Waals surface area contributed by atoms with E-state index >= 15 is 0 Å². The van der Waals surface area contributed by atoms with Crippen molar-refractivity contribution in [1.29, 1.82) is 0 Å². The van der Waals surface area contributed by atoms with Gasteiger partial charge in [-0.15, -0.1) is 4.91 Å². The molecule has 2 atom stereocenters. The third-order valence-corrected chi connectivity index (χ3v) is 0.928. The van der Waals surface area contributed by atoms with Gasteiger partial charge in [-0.2, -0.15) is 0 Å². The zero-order valence-corrected chi connectivity index (χ0v) is 8.27. The van der Waals surface area contributed by atoms with E-state index in [1.54, 1.807) is 5.43 Å². The largest absolute Gasteiger partial charge is 1.00 e. The molecule has 0 amide bonds. The number of rotatable bonds is 4. The number of carboxylic acid groups (broad SMARTS) is 1. The number of aliphatic hydroxyl groups excluding tert-OH is 1. The molecule has 0 saturated heterocycles. The molecule has 0 aromatic carbocycles. The second-order valence-electron chi connectivity index (χ2n) is 1.76. The van der Waals surface area contributed by atoms with Crippen molar-refractivity contribution >= 4 is 5.97 Å². The molecule has 0 aromatic heterocycles. The Morgan fingerprint density at radius 3 is 2.27 bits per heavy atom. The van der Waals surface area contributed by atoms with E-state index in [4.69, 9.17) is 5.11 Å². The Morgan fingerprint density at radius 1 is 1.73 bits per heavy atom. The summed E-state index contributed by atoms with van der Waals surface area (Å²) < 4.78 is 0. The van der Waals surface area contributed by atoms with Crippen molar-refractivity contribution in [3.8, 4) is 0 Å². The number of nitroso groups, excluding NO2 is 1. The average molecular weight is 170 g/mol. The van der Waals surface area contributed by atoms with Crippen LogP contribution in [0.3, 0.4) is 0 Å². The summed E-state index contributed by atoms with van der Waals surface area (Å²) in [5.74, 6) is -1.56. The molecule has 0 radical (unpaired) electrons. The number of carbonyl (C=O) groups is 1. The zero-order valence-electron chi connectivity index (χ0n) is 6.27. The van der Waals surface area contributed by atoms with Gasteiger partial charge in [0.1, 0.15) is 6.04 Å². The van der Waals surface area contributed by atoms with Gasteiger partial charge in [0, 0.05) is 0 Å². The van der Waals surface area contributed by atoms with E-state index in [0.717, 1.165) is 0 Å². The average Bonchev–Trinajstić information content (AvgIpc) is 1.81. The minimum atomic E-state index is -1.56. The Kier molecular flexibility index (Phi) is 7.97. The second-order valence-corrected chi connectivity index (χ2v) is 1.76. The SMILES string of the molecule is C[C@@H](O)[C@H](NN=O)C(=O)[O-].[Na+]. The number of carboxylic acids is 1. The molecule has 0 bridgehead atoms. The molecule has 0 rings (SSSR count). The van der Waals surface area contributed by atoms with E-state index in [-0.39, 0.29) is 29.6 Å². The molecule has 2 N–H and O–H groups in total. The Balaban J connectivity index is 0. The molecule has 0 aliphatic carbocycles. The van der Waals surface area contributed by atoms with E-state index in [9.17, 15) is 14.8 Å². The quantitative estimate of drug-likeness (QED) is 0.249. The van der Waals surface area contributed by atoms with Crippen LogP contribution in [0.5, 0.6) is 0 Å². The summed E-state index contributed by atoms with van der Waals surface area (Å²) in [7, 11) is 0. The fraction of sp³-hybridized carbons (Fsp3) is 0.750. The topological polar surface area (TPSA) is 102 Å². The number of carbonyl (C=O) groups excluding carboxylic acids is 1. The van der Waals surface area contributed by atoms with E-state index in [1.165, 1.54) is 6.92 Å². The predicted octanol–water partition coefficient (Wildman–Crippen LogP) is -5.24. The van der Waals surface area contributed by atoms with Crippen LogP contribution in [0.1, 0.15) is 6.92 Å². The van der Waals surface area contributed by atoms with Crippen molar-refractivity contribution < 1.29 is 44.6 Å².